The highest BCUT2D eigenvalue weighted by Gasteiger charge is 2.25. The van der Waals surface area contributed by atoms with Gasteiger partial charge in [-0.05, 0) is 18.7 Å². The maximum absolute atomic E-state index is 13.9. The predicted octanol–water partition coefficient (Wildman–Crippen LogP) is 4.17. The van der Waals surface area contributed by atoms with Gasteiger partial charge in [0.25, 0.3) is 0 Å². The van der Waals surface area contributed by atoms with E-state index in [-0.39, 0.29) is 11.5 Å². The summed E-state index contributed by atoms with van der Waals surface area (Å²) in [5.74, 6) is -3.82. The van der Waals surface area contributed by atoms with Crippen molar-refractivity contribution in [2.45, 2.75) is 18.9 Å². The molecule has 0 saturated carbocycles. The van der Waals surface area contributed by atoms with Crippen LogP contribution in [0.4, 0.5) is 13.2 Å². The molecule has 0 radical (unpaired) electrons. The minimum Gasteiger partial charge on any atom is -0.312 e. The van der Waals surface area contributed by atoms with Crippen molar-refractivity contribution in [3.63, 3.8) is 0 Å². The van der Waals surface area contributed by atoms with Crippen LogP contribution < -0.4 is 5.32 Å². The summed E-state index contributed by atoms with van der Waals surface area (Å²) in [6.07, 6.45) is 0. The standard InChI is InChI=1S/C16H16F3N/c1-10(11-6-4-3-5-7-11)16(20-2)12-8-9-13(17)15(19)14(12)18/h3-10,16,20H,1-2H3. The summed E-state index contributed by atoms with van der Waals surface area (Å²) in [7, 11) is 1.67. The van der Waals surface area contributed by atoms with Crippen LogP contribution >= 0.6 is 0 Å². The van der Waals surface area contributed by atoms with Crippen LogP contribution in [0.15, 0.2) is 42.5 Å². The van der Waals surface area contributed by atoms with Gasteiger partial charge in [0, 0.05) is 17.5 Å². The van der Waals surface area contributed by atoms with Crippen molar-refractivity contribution in [1.29, 1.82) is 0 Å². The summed E-state index contributed by atoms with van der Waals surface area (Å²) in [5, 5.41) is 2.97. The minimum atomic E-state index is -1.43. The molecule has 0 saturated heterocycles. The van der Waals surface area contributed by atoms with Crippen LogP contribution in [0.25, 0.3) is 0 Å². The topological polar surface area (TPSA) is 12.0 Å². The van der Waals surface area contributed by atoms with Crippen molar-refractivity contribution in [1.82, 2.24) is 5.32 Å². The first-order chi connectivity index (χ1) is 9.56. The number of likely N-dealkylation sites (N-methyl/N-ethyl adjacent to an activating group) is 1. The minimum absolute atomic E-state index is 0.0828. The number of hydrogen-bond acceptors (Lipinski definition) is 1. The monoisotopic (exact) mass is 279 g/mol. The first kappa shape index (κ1) is 14.6. The molecule has 0 aliphatic heterocycles. The molecule has 0 aliphatic rings. The van der Waals surface area contributed by atoms with Crippen LogP contribution in [0.2, 0.25) is 0 Å². The fourth-order valence-corrected chi connectivity index (χ4v) is 2.40. The molecule has 0 amide bonds. The Morgan fingerprint density at radius 3 is 2.15 bits per heavy atom. The largest absolute Gasteiger partial charge is 0.312 e. The first-order valence-corrected chi connectivity index (χ1v) is 6.42. The highest BCUT2D eigenvalue weighted by Crippen LogP contribution is 2.32. The third kappa shape index (κ3) is 2.70. The lowest BCUT2D eigenvalue weighted by atomic mass is 9.88. The molecule has 2 rings (SSSR count). The molecule has 2 aromatic rings. The predicted molar refractivity (Wildman–Crippen MR) is 73.0 cm³/mol. The normalized spacial score (nSPS) is 14.1. The molecule has 0 bridgehead atoms. The molecule has 2 atom stereocenters. The molecule has 4 heteroatoms. The van der Waals surface area contributed by atoms with Gasteiger partial charge in [0.15, 0.2) is 17.5 Å². The highest BCUT2D eigenvalue weighted by atomic mass is 19.2. The van der Waals surface area contributed by atoms with Gasteiger partial charge in [-0.2, -0.15) is 0 Å². The smallest absolute Gasteiger partial charge is 0.194 e. The molecule has 0 fully saturated rings. The first-order valence-electron chi connectivity index (χ1n) is 6.42. The lowest BCUT2D eigenvalue weighted by Crippen LogP contribution is -2.24. The van der Waals surface area contributed by atoms with Crippen LogP contribution in [0.1, 0.15) is 30.0 Å². The Morgan fingerprint density at radius 1 is 0.900 bits per heavy atom. The quantitative estimate of drug-likeness (QED) is 0.828. The Morgan fingerprint density at radius 2 is 1.55 bits per heavy atom. The van der Waals surface area contributed by atoms with E-state index in [0.29, 0.717) is 0 Å². The molecular formula is C16H16F3N. The molecule has 1 N–H and O–H groups in total. The zero-order chi connectivity index (χ0) is 14.7. The molecule has 0 heterocycles. The van der Waals surface area contributed by atoms with Gasteiger partial charge in [-0.3, -0.25) is 0 Å². The van der Waals surface area contributed by atoms with Crippen molar-refractivity contribution in [2.75, 3.05) is 7.05 Å². The number of hydrogen-bond donors (Lipinski definition) is 1. The van der Waals surface area contributed by atoms with Gasteiger partial charge in [0.2, 0.25) is 0 Å². The molecule has 20 heavy (non-hydrogen) atoms. The molecule has 0 aliphatic carbocycles. The van der Waals surface area contributed by atoms with Gasteiger partial charge in [0.05, 0.1) is 0 Å². The van der Waals surface area contributed by atoms with Gasteiger partial charge in [-0.25, -0.2) is 13.2 Å². The van der Waals surface area contributed by atoms with Gasteiger partial charge in [-0.1, -0.05) is 43.3 Å². The second kappa shape index (κ2) is 6.09. The second-order valence-electron chi connectivity index (χ2n) is 4.73. The summed E-state index contributed by atoms with van der Waals surface area (Å²) in [4.78, 5) is 0. The Kier molecular flexibility index (Phi) is 4.45. The van der Waals surface area contributed by atoms with E-state index in [9.17, 15) is 13.2 Å². The molecule has 1 nitrogen and oxygen atoms in total. The van der Waals surface area contributed by atoms with Crippen LogP contribution in [0, 0.1) is 17.5 Å². The maximum Gasteiger partial charge on any atom is 0.194 e. The van der Waals surface area contributed by atoms with Gasteiger partial charge >= 0.3 is 0 Å². The molecule has 106 valence electrons. The molecule has 0 spiro atoms. The number of benzene rings is 2. The van der Waals surface area contributed by atoms with E-state index in [1.807, 2.05) is 37.3 Å². The lowest BCUT2D eigenvalue weighted by molar-refractivity contribution is 0.417. The zero-order valence-electron chi connectivity index (χ0n) is 11.3. The Hall–Kier alpha value is -1.81. The van der Waals surface area contributed by atoms with Gasteiger partial charge in [-0.15, -0.1) is 0 Å². The summed E-state index contributed by atoms with van der Waals surface area (Å²) < 4.78 is 40.3. The van der Waals surface area contributed by atoms with Crippen molar-refractivity contribution in [3.8, 4) is 0 Å². The Labute approximate surface area is 116 Å². The van der Waals surface area contributed by atoms with Crippen molar-refractivity contribution in [3.05, 3.63) is 71.0 Å². The molecule has 2 aromatic carbocycles. The Balaban J connectivity index is 2.41. The van der Waals surface area contributed by atoms with Gasteiger partial charge < -0.3 is 5.32 Å². The van der Waals surface area contributed by atoms with Crippen LogP contribution in [-0.2, 0) is 0 Å². The van der Waals surface area contributed by atoms with Crippen molar-refractivity contribution in [2.24, 2.45) is 0 Å². The third-order valence-corrected chi connectivity index (χ3v) is 3.54. The van der Waals surface area contributed by atoms with E-state index in [4.69, 9.17) is 0 Å². The highest BCUT2D eigenvalue weighted by molar-refractivity contribution is 5.29. The van der Waals surface area contributed by atoms with Crippen molar-refractivity contribution < 1.29 is 13.2 Å². The van der Waals surface area contributed by atoms with Crippen LogP contribution in [0.3, 0.4) is 0 Å². The summed E-state index contributed by atoms with van der Waals surface area (Å²) in [6.45, 7) is 1.91. The molecular weight excluding hydrogens is 263 g/mol. The van der Waals surface area contributed by atoms with E-state index in [1.165, 1.54) is 6.07 Å². The van der Waals surface area contributed by atoms with E-state index in [1.54, 1.807) is 7.05 Å². The summed E-state index contributed by atoms with van der Waals surface area (Å²) >= 11 is 0. The SMILES string of the molecule is CNC(c1ccc(F)c(F)c1F)C(C)c1ccccc1. The number of rotatable bonds is 4. The third-order valence-electron chi connectivity index (χ3n) is 3.54. The van der Waals surface area contributed by atoms with E-state index in [2.05, 4.69) is 5.32 Å². The fraction of sp³-hybridized carbons (Fsp3) is 0.250. The van der Waals surface area contributed by atoms with E-state index in [0.717, 1.165) is 11.6 Å². The van der Waals surface area contributed by atoms with Gasteiger partial charge in [0.1, 0.15) is 0 Å². The van der Waals surface area contributed by atoms with Crippen LogP contribution in [0.5, 0.6) is 0 Å². The summed E-state index contributed by atoms with van der Waals surface area (Å²) in [6, 6.07) is 11.3. The van der Waals surface area contributed by atoms with E-state index < -0.39 is 23.5 Å². The average Bonchev–Trinajstić information content (AvgIpc) is 2.48. The van der Waals surface area contributed by atoms with E-state index >= 15 is 0 Å². The molecule has 0 aromatic heterocycles. The van der Waals surface area contributed by atoms with Crippen molar-refractivity contribution >= 4 is 0 Å². The van der Waals surface area contributed by atoms with Crippen LogP contribution in [-0.4, -0.2) is 7.05 Å². The zero-order valence-corrected chi connectivity index (χ0v) is 11.3. The number of halogens is 3. The Bertz CT molecular complexity index is 584. The lowest BCUT2D eigenvalue weighted by Gasteiger charge is -2.25. The molecule has 2 unspecified atom stereocenters. The number of nitrogens with one attached hydrogen (secondary N) is 1. The maximum atomic E-state index is 13.9. The fourth-order valence-electron chi connectivity index (χ4n) is 2.40. The summed E-state index contributed by atoms with van der Waals surface area (Å²) in [5.41, 5.74) is 1.12. The average molecular weight is 279 g/mol. The second-order valence-corrected chi connectivity index (χ2v) is 4.73.